The lowest BCUT2D eigenvalue weighted by Gasteiger charge is -1.94. The van der Waals surface area contributed by atoms with Crippen molar-refractivity contribution in [3.63, 3.8) is 0 Å². The fourth-order valence-electron chi connectivity index (χ4n) is 0.584. The molecule has 0 atom stereocenters. The molecule has 0 bridgehead atoms. The number of carbonyl (C=O) groups is 1. The van der Waals surface area contributed by atoms with E-state index in [1.165, 1.54) is 6.26 Å². The molecular formula is C6H8O3. The minimum absolute atomic E-state index is 0.261. The maximum Gasteiger partial charge on any atom is 0.188 e. The van der Waals surface area contributed by atoms with Gasteiger partial charge in [-0.3, -0.25) is 4.79 Å². The highest BCUT2D eigenvalue weighted by Gasteiger charge is 1.99. The summed E-state index contributed by atoms with van der Waals surface area (Å²) in [5, 5.41) is 0. The maximum absolute atomic E-state index is 10.1. The molecule has 0 unspecified atom stereocenters. The summed E-state index contributed by atoms with van der Waals surface area (Å²) in [6.07, 6.45) is 2.89. The van der Waals surface area contributed by atoms with Gasteiger partial charge in [0.2, 0.25) is 0 Å². The molecule has 0 radical (unpaired) electrons. The summed E-state index contributed by atoms with van der Waals surface area (Å²) in [5.74, 6) is 0. The topological polar surface area (TPSA) is 35.5 Å². The van der Waals surface area contributed by atoms with Gasteiger partial charge in [-0.1, -0.05) is 0 Å². The van der Waals surface area contributed by atoms with Crippen LogP contribution < -0.4 is 0 Å². The molecule has 1 aliphatic rings. The Morgan fingerprint density at radius 3 is 3.33 bits per heavy atom. The van der Waals surface area contributed by atoms with Crippen LogP contribution in [0.1, 0.15) is 6.42 Å². The summed E-state index contributed by atoms with van der Waals surface area (Å²) < 4.78 is 9.68. The highest BCUT2D eigenvalue weighted by molar-refractivity contribution is 5.72. The van der Waals surface area contributed by atoms with Gasteiger partial charge in [0, 0.05) is 12.0 Å². The minimum atomic E-state index is 0.261. The first-order chi connectivity index (χ1) is 4.43. The van der Waals surface area contributed by atoms with Crippen molar-refractivity contribution in [3.05, 3.63) is 11.8 Å². The van der Waals surface area contributed by atoms with E-state index < -0.39 is 0 Å². The van der Waals surface area contributed by atoms with Gasteiger partial charge in [0.05, 0.1) is 12.9 Å². The van der Waals surface area contributed by atoms with Crippen LogP contribution in [0.2, 0.25) is 0 Å². The van der Waals surface area contributed by atoms with E-state index in [0.717, 1.165) is 6.29 Å². The van der Waals surface area contributed by atoms with Gasteiger partial charge >= 0.3 is 0 Å². The zero-order valence-corrected chi connectivity index (χ0v) is 5.00. The zero-order valence-electron chi connectivity index (χ0n) is 5.00. The molecule has 0 aromatic heterocycles. The van der Waals surface area contributed by atoms with E-state index in [4.69, 9.17) is 9.47 Å². The summed E-state index contributed by atoms with van der Waals surface area (Å²) in [4.78, 5) is 10.1. The van der Waals surface area contributed by atoms with Crippen LogP contribution in [0, 0.1) is 0 Å². The Hall–Kier alpha value is -0.830. The van der Waals surface area contributed by atoms with Crippen molar-refractivity contribution < 1.29 is 14.3 Å². The van der Waals surface area contributed by atoms with Gasteiger partial charge in [0.15, 0.2) is 6.79 Å². The number of hydrogen-bond acceptors (Lipinski definition) is 3. The average Bonchev–Trinajstić information content (AvgIpc) is 2.13. The van der Waals surface area contributed by atoms with Crippen molar-refractivity contribution in [1.29, 1.82) is 0 Å². The van der Waals surface area contributed by atoms with Crippen LogP contribution >= 0.6 is 0 Å². The molecule has 0 N–H and O–H groups in total. The maximum atomic E-state index is 10.1. The summed E-state index contributed by atoms with van der Waals surface area (Å²) in [6, 6.07) is 0. The molecular weight excluding hydrogens is 120 g/mol. The molecule has 1 aliphatic heterocycles. The summed E-state index contributed by atoms with van der Waals surface area (Å²) in [7, 11) is 0. The molecule has 0 aromatic carbocycles. The van der Waals surface area contributed by atoms with Gasteiger partial charge < -0.3 is 9.47 Å². The highest BCUT2D eigenvalue weighted by Crippen LogP contribution is 2.02. The molecule has 50 valence electrons. The third kappa shape index (κ3) is 1.85. The van der Waals surface area contributed by atoms with Gasteiger partial charge in [-0.05, 0) is 0 Å². The third-order valence-corrected chi connectivity index (χ3v) is 1.07. The second kappa shape index (κ2) is 3.25. The van der Waals surface area contributed by atoms with Gasteiger partial charge in [-0.2, -0.15) is 0 Å². The summed E-state index contributed by atoms with van der Waals surface area (Å²) in [6.45, 7) is 0.835. The van der Waals surface area contributed by atoms with Crippen molar-refractivity contribution in [3.8, 4) is 0 Å². The van der Waals surface area contributed by atoms with Crippen LogP contribution in [-0.4, -0.2) is 19.7 Å². The quantitative estimate of drug-likeness (QED) is 0.481. The van der Waals surface area contributed by atoms with E-state index in [1.807, 2.05) is 0 Å². The van der Waals surface area contributed by atoms with E-state index in [1.54, 1.807) is 0 Å². The molecule has 3 nitrogen and oxygen atoms in total. The van der Waals surface area contributed by atoms with E-state index in [2.05, 4.69) is 0 Å². The van der Waals surface area contributed by atoms with Crippen LogP contribution in [0.4, 0.5) is 0 Å². The Kier molecular flexibility index (Phi) is 2.27. The smallest absolute Gasteiger partial charge is 0.188 e. The fraction of sp³-hybridized carbons (Fsp3) is 0.500. The molecule has 9 heavy (non-hydrogen) atoms. The zero-order chi connectivity index (χ0) is 6.53. The number of carbonyl (C=O) groups excluding carboxylic acids is 1. The third-order valence-electron chi connectivity index (χ3n) is 1.07. The van der Waals surface area contributed by atoms with Gasteiger partial charge in [0.1, 0.15) is 6.29 Å². The lowest BCUT2D eigenvalue weighted by atomic mass is 10.2. The normalized spacial score (nSPS) is 19.3. The summed E-state index contributed by atoms with van der Waals surface area (Å²) >= 11 is 0. The molecule has 0 saturated carbocycles. The Morgan fingerprint density at radius 2 is 2.56 bits per heavy atom. The van der Waals surface area contributed by atoms with Crippen LogP contribution in [0.3, 0.4) is 0 Å². The Balaban J connectivity index is 2.46. The Bertz CT molecular complexity index is 128. The monoisotopic (exact) mass is 128 g/mol. The number of aldehydes is 1. The second-order valence-corrected chi connectivity index (χ2v) is 1.75. The average molecular weight is 128 g/mol. The van der Waals surface area contributed by atoms with E-state index in [0.29, 0.717) is 18.6 Å². The molecule has 0 saturated heterocycles. The van der Waals surface area contributed by atoms with E-state index in [-0.39, 0.29) is 6.79 Å². The van der Waals surface area contributed by atoms with Gasteiger partial charge in [0.25, 0.3) is 0 Å². The van der Waals surface area contributed by atoms with Crippen molar-refractivity contribution >= 4 is 6.29 Å². The highest BCUT2D eigenvalue weighted by atomic mass is 16.7. The lowest BCUT2D eigenvalue weighted by molar-refractivity contribution is -0.105. The van der Waals surface area contributed by atoms with Crippen molar-refractivity contribution in [2.75, 3.05) is 13.4 Å². The van der Waals surface area contributed by atoms with Gasteiger partial charge in [-0.15, -0.1) is 0 Å². The lowest BCUT2D eigenvalue weighted by Crippen LogP contribution is -1.93. The summed E-state index contributed by atoms with van der Waals surface area (Å²) in [5.41, 5.74) is 0.660. The number of hydrogen-bond donors (Lipinski definition) is 0. The number of ether oxygens (including phenoxy) is 2. The molecule has 3 heteroatoms. The van der Waals surface area contributed by atoms with Crippen LogP contribution in [0.5, 0.6) is 0 Å². The molecule has 1 rings (SSSR count). The van der Waals surface area contributed by atoms with Crippen molar-refractivity contribution in [2.45, 2.75) is 6.42 Å². The van der Waals surface area contributed by atoms with E-state index >= 15 is 0 Å². The fourth-order valence-corrected chi connectivity index (χ4v) is 0.584. The Labute approximate surface area is 53.3 Å². The van der Waals surface area contributed by atoms with Crippen LogP contribution in [0.15, 0.2) is 11.8 Å². The molecule has 0 amide bonds. The molecule has 0 fully saturated rings. The standard InChI is InChI=1S/C6H8O3/c7-3-6-1-2-8-5-9-4-6/h3-4H,1-2,5H2. The number of rotatable bonds is 1. The van der Waals surface area contributed by atoms with Crippen LogP contribution in [-0.2, 0) is 14.3 Å². The first kappa shape index (κ1) is 6.29. The predicted molar refractivity (Wildman–Crippen MR) is 30.7 cm³/mol. The largest absolute Gasteiger partial charge is 0.475 e. The first-order valence-corrected chi connectivity index (χ1v) is 2.77. The van der Waals surface area contributed by atoms with Crippen molar-refractivity contribution in [1.82, 2.24) is 0 Å². The molecule has 0 aromatic rings. The molecule has 1 heterocycles. The predicted octanol–water partition coefficient (Wildman–Crippen LogP) is 0.464. The second-order valence-electron chi connectivity index (χ2n) is 1.75. The van der Waals surface area contributed by atoms with Gasteiger partial charge in [-0.25, -0.2) is 0 Å². The van der Waals surface area contributed by atoms with Crippen LogP contribution in [0.25, 0.3) is 0 Å². The molecule has 0 spiro atoms. The van der Waals surface area contributed by atoms with E-state index in [9.17, 15) is 4.79 Å². The first-order valence-electron chi connectivity index (χ1n) is 2.77. The molecule has 0 aliphatic carbocycles. The SMILES string of the molecule is O=CC1=COCOCC1. The Morgan fingerprint density at radius 1 is 1.67 bits per heavy atom. The van der Waals surface area contributed by atoms with Crippen molar-refractivity contribution in [2.24, 2.45) is 0 Å². The minimum Gasteiger partial charge on any atom is -0.475 e.